The number of aromatic amines is 1. The highest BCUT2D eigenvalue weighted by atomic mass is 16.2. The third-order valence-corrected chi connectivity index (χ3v) is 4.01. The Labute approximate surface area is 130 Å². The summed E-state index contributed by atoms with van der Waals surface area (Å²) in [6.07, 6.45) is 0. The van der Waals surface area contributed by atoms with E-state index in [0.29, 0.717) is 11.0 Å². The van der Waals surface area contributed by atoms with Gasteiger partial charge in [-0.15, -0.1) is 0 Å². The Kier molecular flexibility index (Phi) is 2.87. The van der Waals surface area contributed by atoms with E-state index in [9.17, 15) is 9.59 Å². The van der Waals surface area contributed by atoms with Gasteiger partial charge in [0, 0.05) is 18.0 Å². The number of pyridine rings is 1. The molecule has 1 N–H and O–H groups in total. The first-order chi connectivity index (χ1) is 11.2. The third-order valence-electron chi connectivity index (χ3n) is 4.01. The monoisotopic (exact) mass is 303 g/mol. The molecule has 0 saturated heterocycles. The van der Waals surface area contributed by atoms with Gasteiger partial charge < -0.3 is 0 Å². The van der Waals surface area contributed by atoms with Gasteiger partial charge in [0.2, 0.25) is 0 Å². The van der Waals surface area contributed by atoms with Crippen LogP contribution in [0.1, 0.15) is 0 Å². The van der Waals surface area contributed by atoms with Gasteiger partial charge in [0.05, 0.1) is 10.9 Å². The number of nitrogens with one attached hydrogen (secondary N) is 1. The van der Waals surface area contributed by atoms with Gasteiger partial charge in [-0.2, -0.15) is 0 Å². The molecular formula is C18H13N3O2. The van der Waals surface area contributed by atoms with Gasteiger partial charge in [-0.05, 0) is 11.6 Å². The minimum absolute atomic E-state index is 0.385. The van der Waals surface area contributed by atoms with Crippen LogP contribution < -0.4 is 11.2 Å². The van der Waals surface area contributed by atoms with E-state index in [-0.39, 0.29) is 0 Å². The van der Waals surface area contributed by atoms with Crippen molar-refractivity contribution in [1.82, 2.24) is 14.5 Å². The molecule has 0 radical (unpaired) electrons. The predicted octanol–water partition coefficient (Wildman–Crippen LogP) is 2.44. The largest absolute Gasteiger partial charge is 0.329 e. The zero-order valence-corrected chi connectivity index (χ0v) is 12.4. The summed E-state index contributed by atoms with van der Waals surface area (Å²) in [5.74, 6) is 0. The molecule has 0 amide bonds. The first-order valence-corrected chi connectivity index (χ1v) is 7.24. The molecule has 2 aromatic carbocycles. The summed E-state index contributed by atoms with van der Waals surface area (Å²) in [5.41, 5.74) is 1.96. The molecule has 0 aliphatic rings. The number of hydrogen-bond acceptors (Lipinski definition) is 3. The van der Waals surface area contributed by atoms with Crippen LogP contribution in [0.5, 0.6) is 0 Å². The number of para-hydroxylation sites is 1. The number of rotatable bonds is 1. The van der Waals surface area contributed by atoms with Crippen LogP contribution in [-0.4, -0.2) is 14.5 Å². The minimum atomic E-state index is -0.468. The Bertz CT molecular complexity index is 1160. The van der Waals surface area contributed by atoms with Crippen molar-refractivity contribution in [2.24, 2.45) is 7.05 Å². The highest BCUT2D eigenvalue weighted by Gasteiger charge is 2.16. The second-order valence-electron chi connectivity index (χ2n) is 5.39. The fourth-order valence-electron chi connectivity index (χ4n) is 2.90. The van der Waals surface area contributed by atoms with E-state index in [4.69, 9.17) is 0 Å². The SMILES string of the molecule is Cn1c(=O)[nH]c(=O)c2c(-c3ccccc3)c3ccccc3nc21. The summed E-state index contributed by atoms with van der Waals surface area (Å²) in [5, 5.41) is 1.31. The number of hydrogen-bond donors (Lipinski definition) is 1. The standard InChI is InChI=1S/C18H13N3O2/c1-21-16-15(17(22)20-18(21)23)14(11-7-3-2-4-8-11)12-9-5-6-10-13(12)19-16/h2-10H,1H3,(H,20,22,23). The van der Waals surface area contributed by atoms with Crippen molar-refractivity contribution in [3.63, 3.8) is 0 Å². The van der Waals surface area contributed by atoms with Crippen LogP contribution in [-0.2, 0) is 7.05 Å². The molecule has 0 saturated carbocycles. The molecular weight excluding hydrogens is 290 g/mol. The Morgan fingerprint density at radius 1 is 0.957 bits per heavy atom. The molecule has 2 heterocycles. The first-order valence-electron chi connectivity index (χ1n) is 7.24. The molecule has 0 atom stereocenters. The summed E-state index contributed by atoms with van der Waals surface area (Å²) >= 11 is 0. The predicted molar refractivity (Wildman–Crippen MR) is 90.5 cm³/mol. The smallest absolute Gasteiger partial charge is 0.281 e. The lowest BCUT2D eigenvalue weighted by molar-refractivity contribution is 0.831. The van der Waals surface area contributed by atoms with Crippen molar-refractivity contribution in [2.45, 2.75) is 0 Å². The molecule has 2 aromatic heterocycles. The van der Waals surface area contributed by atoms with E-state index in [0.717, 1.165) is 22.0 Å². The summed E-state index contributed by atoms with van der Waals surface area (Å²) < 4.78 is 1.37. The molecule has 4 rings (SSSR count). The topological polar surface area (TPSA) is 67.8 Å². The van der Waals surface area contributed by atoms with Gasteiger partial charge in [-0.25, -0.2) is 9.78 Å². The lowest BCUT2D eigenvalue weighted by Crippen LogP contribution is -2.29. The average molecular weight is 303 g/mol. The number of aromatic nitrogens is 3. The zero-order chi connectivity index (χ0) is 16.0. The van der Waals surface area contributed by atoms with E-state index in [2.05, 4.69) is 9.97 Å². The molecule has 112 valence electrons. The van der Waals surface area contributed by atoms with Gasteiger partial charge in [0.15, 0.2) is 5.65 Å². The number of nitrogens with zero attached hydrogens (tertiary/aromatic N) is 2. The van der Waals surface area contributed by atoms with Crippen LogP contribution in [0.3, 0.4) is 0 Å². The maximum Gasteiger partial charge on any atom is 0.329 e. The Hall–Kier alpha value is -3.21. The lowest BCUT2D eigenvalue weighted by atomic mass is 9.98. The summed E-state index contributed by atoms with van der Waals surface area (Å²) in [6, 6.07) is 17.3. The molecule has 0 aliphatic heterocycles. The van der Waals surface area contributed by atoms with Crippen molar-refractivity contribution < 1.29 is 0 Å². The van der Waals surface area contributed by atoms with Crippen molar-refractivity contribution in [3.8, 4) is 11.1 Å². The highest BCUT2D eigenvalue weighted by Crippen LogP contribution is 2.32. The van der Waals surface area contributed by atoms with Gasteiger partial charge >= 0.3 is 5.69 Å². The molecule has 0 fully saturated rings. The number of aryl methyl sites for hydroxylation is 1. The van der Waals surface area contributed by atoms with E-state index in [1.807, 2.05) is 54.6 Å². The number of benzene rings is 2. The Balaban J connectivity index is 2.36. The van der Waals surface area contributed by atoms with Crippen LogP contribution in [0.25, 0.3) is 33.1 Å². The fraction of sp³-hybridized carbons (Fsp3) is 0.0556. The van der Waals surface area contributed by atoms with Crippen molar-refractivity contribution >= 4 is 21.9 Å². The van der Waals surface area contributed by atoms with Gasteiger partial charge in [0.25, 0.3) is 5.56 Å². The van der Waals surface area contributed by atoms with Gasteiger partial charge in [-0.3, -0.25) is 14.3 Å². The van der Waals surface area contributed by atoms with Gasteiger partial charge in [0.1, 0.15) is 0 Å². The second kappa shape index (κ2) is 4.91. The van der Waals surface area contributed by atoms with E-state index in [1.165, 1.54) is 4.57 Å². The summed E-state index contributed by atoms with van der Waals surface area (Å²) in [6.45, 7) is 0. The minimum Gasteiger partial charge on any atom is -0.281 e. The summed E-state index contributed by atoms with van der Waals surface area (Å²) in [4.78, 5) is 31.3. The maximum atomic E-state index is 12.5. The van der Waals surface area contributed by atoms with E-state index < -0.39 is 11.2 Å². The van der Waals surface area contributed by atoms with Crippen LogP contribution in [0.4, 0.5) is 0 Å². The third kappa shape index (κ3) is 1.97. The van der Waals surface area contributed by atoms with E-state index in [1.54, 1.807) is 7.05 Å². The maximum absolute atomic E-state index is 12.5. The second-order valence-corrected chi connectivity index (χ2v) is 5.39. The molecule has 0 spiro atoms. The van der Waals surface area contributed by atoms with Crippen molar-refractivity contribution in [2.75, 3.05) is 0 Å². The van der Waals surface area contributed by atoms with Crippen molar-refractivity contribution in [1.29, 1.82) is 0 Å². The molecule has 5 heteroatoms. The molecule has 0 aliphatic carbocycles. The molecule has 4 aromatic rings. The van der Waals surface area contributed by atoms with Crippen molar-refractivity contribution in [3.05, 3.63) is 75.4 Å². The number of H-pyrrole nitrogens is 1. The van der Waals surface area contributed by atoms with E-state index >= 15 is 0 Å². The zero-order valence-electron chi connectivity index (χ0n) is 12.4. The molecule has 0 unspecified atom stereocenters. The summed E-state index contributed by atoms with van der Waals surface area (Å²) in [7, 11) is 1.61. The molecule has 23 heavy (non-hydrogen) atoms. The van der Waals surface area contributed by atoms with Crippen LogP contribution in [0.15, 0.2) is 64.2 Å². The van der Waals surface area contributed by atoms with Crippen LogP contribution in [0.2, 0.25) is 0 Å². The fourth-order valence-corrected chi connectivity index (χ4v) is 2.90. The first kappa shape index (κ1) is 13.5. The van der Waals surface area contributed by atoms with Gasteiger partial charge in [-0.1, -0.05) is 48.5 Å². The average Bonchev–Trinajstić information content (AvgIpc) is 2.59. The quantitative estimate of drug-likeness (QED) is 0.549. The van der Waals surface area contributed by atoms with Crippen LogP contribution in [0, 0.1) is 0 Å². The van der Waals surface area contributed by atoms with Crippen LogP contribution >= 0.6 is 0 Å². The Morgan fingerprint density at radius 3 is 2.43 bits per heavy atom. The lowest BCUT2D eigenvalue weighted by Gasteiger charge is -2.12. The normalized spacial score (nSPS) is 11.2. The number of fused-ring (bicyclic) bond motifs is 2. The highest BCUT2D eigenvalue weighted by molar-refractivity contribution is 6.08. The molecule has 0 bridgehead atoms. The Morgan fingerprint density at radius 2 is 1.65 bits per heavy atom. The molecule has 5 nitrogen and oxygen atoms in total.